The lowest BCUT2D eigenvalue weighted by Gasteiger charge is -2.22. The van der Waals surface area contributed by atoms with E-state index in [2.05, 4.69) is 5.10 Å². The first-order valence-corrected chi connectivity index (χ1v) is 12.0. The van der Waals surface area contributed by atoms with Gasteiger partial charge in [0.2, 0.25) is 0 Å². The maximum atomic E-state index is 14.1. The molecule has 1 aliphatic heterocycles. The molecule has 0 aliphatic carbocycles. The topological polar surface area (TPSA) is 81.5 Å². The number of aromatic nitrogens is 2. The first-order chi connectivity index (χ1) is 16.2. The van der Waals surface area contributed by atoms with Crippen LogP contribution in [0.4, 0.5) is 22.0 Å². The molecule has 1 aromatic heterocycles. The highest BCUT2D eigenvalue weighted by molar-refractivity contribution is 7.90. The van der Waals surface area contributed by atoms with Crippen molar-refractivity contribution in [2.75, 3.05) is 6.26 Å². The van der Waals surface area contributed by atoms with Crippen molar-refractivity contribution in [3.05, 3.63) is 71.1 Å². The van der Waals surface area contributed by atoms with E-state index in [0.717, 1.165) is 37.4 Å². The van der Waals surface area contributed by atoms with Crippen LogP contribution in [0, 0.1) is 11.6 Å². The van der Waals surface area contributed by atoms with Gasteiger partial charge < -0.3 is 9.64 Å². The van der Waals surface area contributed by atoms with Crippen molar-refractivity contribution in [2.24, 2.45) is 0 Å². The second-order valence-electron chi connectivity index (χ2n) is 8.03. The number of fused-ring (bicyclic) bond motifs is 1. The Balaban J connectivity index is 1.63. The average Bonchev–Trinajstić information content (AvgIpc) is 3.31. The summed E-state index contributed by atoms with van der Waals surface area (Å²) in [4.78, 5) is 14.2. The normalized spacial score (nSPS) is 14.7. The highest BCUT2D eigenvalue weighted by Gasteiger charge is 2.39. The van der Waals surface area contributed by atoms with Gasteiger partial charge in [0.05, 0.1) is 22.7 Å². The molecule has 13 heteroatoms. The standard InChI is InChI=1S/C22H18F5N3O4S/c1-12(22(25,26)27)34-20-6-4-15(35(2,32)33)8-16(20)21(31)29-9-13-10-30(28-18(13)11-29)19-5-3-14(23)7-17(19)24/h3-8,10,12H,9,11H2,1-2H3/t12-/m0/s1. The number of halogens is 5. The number of carbonyl (C=O) groups excluding carboxylic acids is 1. The molecule has 3 aromatic rings. The number of amides is 1. The zero-order chi connectivity index (χ0) is 25.7. The Morgan fingerprint density at radius 3 is 2.43 bits per heavy atom. The van der Waals surface area contributed by atoms with Gasteiger partial charge in [-0.3, -0.25) is 4.79 Å². The highest BCUT2D eigenvalue weighted by atomic mass is 32.2. The van der Waals surface area contributed by atoms with Gasteiger partial charge in [-0.25, -0.2) is 21.9 Å². The Morgan fingerprint density at radius 1 is 1.11 bits per heavy atom. The van der Waals surface area contributed by atoms with Gasteiger partial charge in [-0.05, 0) is 37.3 Å². The van der Waals surface area contributed by atoms with Crippen LogP contribution in [-0.2, 0) is 22.9 Å². The Hall–Kier alpha value is -3.48. The monoisotopic (exact) mass is 515 g/mol. The van der Waals surface area contributed by atoms with Crippen molar-refractivity contribution in [3.63, 3.8) is 0 Å². The molecule has 0 radical (unpaired) electrons. The third-order valence-corrected chi connectivity index (χ3v) is 6.51. The van der Waals surface area contributed by atoms with Gasteiger partial charge in [-0.2, -0.15) is 18.3 Å². The van der Waals surface area contributed by atoms with Crippen LogP contribution in [-0.4, -0.2) is 47.5 Å². The molecule has 0 bridgehead atoms. The summed E-state index contributed by atoms with van der Waals surface area (Å²) in [5.74, 6) is -2.78. The zero-order valence-corrected chi connectivity index (χ0v) is 19.1. The molecule has 35 heavy (non-hydrogen) atoms. The number of hydrogen-bond donors (Lipinski definition) is 0. The molecule has 0 N–H and O–H groups in total. The maximum absolute atomic E-state index is 14.1. The molecule has 0 saturated heterocycles. The van der Waals surface area contributed by atoms with Gasteiger partial charge in [0.1, 0.15) is 17.3 Å². The lowest BCUT2D eigenvalue weighted by Crippen LogP contribution is -2.33. The Kier molecular flexibility index (Phi) is 6.07. The molecule has 4 rings (SSSR count). The molecule has 0 unspecified atom stereocenters. The summed E-state index contributed by atoms with van der Waals surface area (Å²) in [7, 11) is -3.77. The molecule has 0 spiro atoms. The first-order valence-electron chi connectivity index (χ1n) is 10.1. The Morgan fingerprint density at radius 2 is 1.83 bits per heavy atom. The third-order valence-electron chi connectivity index (χ3n) is 5.40. The SMILES string of the molecule is C[C@H](Oc1ccc(S(C)(=O)=O)cc1C(=O)N1Cc2cn(-c3ccc(F)cc3F)nc2C1)C(F)(F)F. The van der Waals surface area contributed by atoms with Gasteiger partial charge in [0.25, 0.3) is 5.91 Å². The number of benzene rings is 2. The summed E-state index contributed by atoms with van der Waals surface area (Å²) < 4.78 is 96.4. The van der Waals surface area contributed by atoms with Crippen LogP contribution < -0.4 is 4.74 Å². The number of rotatable bonds is 5. The molecule has 2 heterocycles. The summed E-state index contributed by atoms with van der Waals surface area (Å²) in [6.07, 6.45) is -4.60. The summed E-state index contributed by atoms with van der Waals surface area (Å²) in [6, 6.07) is 6.03. The highest BCUT2D eigenvalue weighted by Crippen LogP contribution is 2.32. The van der Waals surface area contributed by atoms with Crippen LogP contribution in [0.3, 0.4) is 0 Å². The van der Waals surface area contributed by atoms with Crippen LogP contribution in [0.1, 0.15) is 28.5 Å². The van der Waals surface area contributed by atoms with Gasteiger partial charge in [0.15, 0.2) is 21.8 Å². The number of hydrogen-bond acceptors (Lipinski definition) is 5. The van der Waals surface area contributed by atoms with E-state index in [1.807, 2.05) is 0 Å². The summed E-state index contributed by atoms with van der Waals surface area (Å²) >= 11 is 0. The molecule has 1 aliphatic rings. The molecule has 186 valence electrons. The third kappa shape index (κ3) is 4.99. The van der Waals surface area contributed by atoms with Crippen LogP contribution in [0.2, 0.25) is 0 Å². The van der Waals surface area contributed by atoms with Crippen LogP contribution >= 0.6 is 0 Å². The van der Waals surface area contributed by atoms with E-state index in [-0.39, 0.29) is 29.2 Å². The number of ether oxygens (including phenoxy) is 1. The lowest BCUT2D eigenvalue weighted by atomic mass is 10.1. The van der Waals surface area contributed by atoms with Crippen LogP contribution in [0.15, 0.2) is 47.5 Å². The molecular weight excluding hydrogens is 497 g/mol. The largest absolute Gasteiger partial charge is 0.480 e. The van der Waals surface area contributed by atoms with E-state index < -0.39 is 45.4 Å². The maximum Gasteiger partial charge on any atom is 0.425 e. The van der Waals surface area contributed by atoms with Gasteiger partial charge in [-0.15, -0.1) is 0 Å². The van der Waals surface area contributed by atoms with Crippen molar-refractivity contribution in [2.45, 2.75) is 37.2 Å². The number of carbonyl (C=O) groups is 1. The number of nitrogens with zero attached hydrogens (tertiary/aromatic N) is 3. The second-order valence-corrected chi connectivity index (χ2v) is 10.1. The van der Waals surface area contributed by atoms with E-state index in [1.165, 1.54) is 21.8 Å². The summed E-state index contributed by atoms with van der Waals surface area (Å²) in [6.45, 7) is 0.678. The fourth-order valence-electron chi connectivity index (χ4n) is 3.52. The average molecular weight is 515 g/mol. The van der Waals surface area contributed by atoms with Gasteiger partial charge in [-0.1, -0.05) is 0 Å². The predicted molar refractivity (Wildman–Crippen MR) is 113 cm³/mol. The first kappa shape index (κ1) is 24.6. The van der Waals surface area contributed by atoms with E-state index >= 15 is 0 Å². The minimum Gasteiger partial charge on any atom is -0.480 e. The van der Waals surface area contributed by atoms with E-state index in [4.69, 9.17) is 4.74 Å². The van der Waals surface area contributed by atoms with Crippen molar-refractivity contribution in [1.82, 2.24) is 14.7 Å². The van der Waals surface area contributed by atoms with Crippen molar-refractivity contribution in [3.8, 4) is 11.4 Å². The second kappa shape index (κ2) is 8.63. The van der Waals surface area contributed by atoms with Crippen molar-refractivity contribution < 1.29 is 39.9 Å². The van der Waals surface area contributed by atoms with E-state index in [1.54, 1.807) is 0 Å². The van der Waals surface area contributed by atoms with Gasteiger partial charge in [0, 0.05) is 30.6 Å². The lowest BCUT2D eigenvalue weighted by molar-refractivity contribution is -0.189. The number of alkyl halides is 3. The fraction of sp³-hybridized carbons (Fsp3) is 0.273. The predicted octanol–water partition coefficient (Wildman–Crippen LogP) is 4.04. The van der Waals surface area contributed by atoms with E-state index in [9.17, 15) is 35.2 Å². The Labute approximate surface area is 196 Å². The molecule has 1 atom stereocenters. The smallest absolute Gasteiger partial charge is 0.425 e. The van der Waals surface area contributed by atoms with E-state index in [0.29, 0.717) is 17.3 Å². The molecular formula is C22H18F5N3O4S. The Bertz CT molecular complexity index is 1400. The van der Waals surface area contributed by atoms with Crippen LogP contribution in [0.25, 0.3) is 5.69 Å². The molecule has 1 amide bonds. The zero-order valence-electron chi connectivity index (χ0n) is 18.3. The molecule has 7 nitrogen and oxygen atoms in total. The number of sulfone groups is 1. The molecule has 0 saturated carbocycles. The molecule has 0 fully saturated rings. The minimum absolute atomic E-state index is 0.00338. The summed E-state index contributed by atoms with van der Waals surface area (Å²) in [5.41, 5.74) is 0.572. The summed E-state index contributed by atoms with van der Waals surface area (Å²) in [5, 5.41) is 4.22. The van der Waals surface area contributed by atoms with Crippen molar-refractivity contribution >= 4 is 15.7 Å². The molecule has 2 aromatic carbocycles. The minimum atomic E-state index is -4.71. The van der Waals surface area contributed by atoms with Gasteiger partial charge >= 0.3 is 6.18 Å². The van der Waals surface area contributed by atoms with Crippen LogP contribution in [0.5, 0.6) is 5.75 Å². The quantitative estimate of drug-likeness (QED) is 0.480. The van der Waals surface area contributed by atoms with Crippen molar-refractivity contribution in [1.29, 1.82) is 0 Å². The fourth-order valence-corrected chi connectivity index (χ4v) is 4.17.